The number of nitrogens with one attached hydrogen (secondary N) is 2. The van der Waals surface area contributed by atoms with Gasteiger partial charge >= 0.3 is 0 Å². The predicted octanol–water partition coefficient (Wildman–Crippen LogP) is 1.41. The van der Waals surface area contributed by atoms with E-state index in [2.05, 4.69) is 10.6 Å². The van der Waals surface area contributed by atoms with Crippen molar-refractivity contribution in [3.05, 3.63) is 30.3 Å². The van der Waals surface area contributed by atoms with Crippen LogP contribution in [0.15, 0.2) is 30.3 Å². The molecule has 1 heterocycles. The van der Waals surface area contributed by atoms with Gasteiger partial charge in [0.2, 0.25) is 0 Å². The SMILES string of the molecule is c1ccc(OCCNC2CCCNC2)cc1. The first-order chi connectivity index (χ1) is 7.95. The van der Waals surface area contributed by atoms with Gasteiger partial charge in [-0.15, -0.1) is 0 Å². The lowest BCUT2D eigenvalue weighted by Crippen LogP contribution is -2.44. The van der Waals surface area contributed by atoms with Gasteiger partial charge in [0.05, 0.1) is 0 Å². The summed E-state index contributed by atoms with van der Waals surface area (Å²) in [6, 6.07) is 10.6. The van der Waals surface area contributed by atoms with Crippen molar-refractivity contribution < 1.29 is 4.74 Å². The molecule has 0 radical (unpaired) electrons. The van der Waals surface area contributed by atoms with Crippen LogP contribution < -0.4 is 15.4 Å². The van der Waals surface area contributed by atoms with Crippen molar-refractivity contribution >= 4 is 0 Å². The molecule has 3 nitrogen and oxygen atoms in total. The average molecular weight is 220 g/mol. The van der Waals surface area contributed by atoms with Crippen LogP contribution in [-0.2, 0) is 0 Å². The normalized spacial score (nSPS) is 20.6. The standard InChI is InChI=1S/C13H20N2O/c1-2-6-13(7-3-1)16-10-9-15-12-5-4-8-14-11-12/h1-3,6-7,12,14-15H,4-5,8-11H2. The van der Waals surface area contributed by atoms with Crippen LogP contribution in [-0.4, -0.2) is 32.3 Å². The lowest BCUT2D eigenvalue weighted by molar-refractivity contribution is 0.293. The van der Waals surface area contributed by atoms with Crippen LogP contribution in [0, 0.1) is 0 Å². The summed E-state index contributed by atoms with van der Waals surface area (Å²) in [5.41, 5.74) is 0. The van der Waals surface area contributed by atoms with Gasteiger partial charge in [-0.1, -0.05) is 18.2 Å². The van der Waals surface area contributed by atoms with Gasteiger partial charge in [-0.3, -0.25) is 0 Å². The first kappa shape index (κ1) is 11.4. The van der Waals surface area contributed by atoms with Gasteiger partial charge in [-0.05, 0) is 31.5 Å². The molecule has 1 aliphatic heterocycles. The zero-order valence-corrected chi connectivity index (χ0v) is 9.61. The van der Waals surface area contributed by atoms with Gasteiger partial charge in [0.15, 0.2) is 0 Å². The molecule has 0 saturated carbocycles. The molecule has 1 saturated heterocycles. The third-order valence-corrected chi connectivity index (χ3v) is 2.84. The number of piperidine rings is 1. The Balaban J connectivity index is 1.58. The van der Waals surface area contributed by atoms with E-state index < -0.39 is 0 Å². The molecule has 1 aromatic rings. The first-order valence-corrected chi connectivity index (χ1v) is 6.07. The van der Waals surface area contributed by atoms with Crippen LogP contribution in [0.2, 0.25) is 0 Å². The number of rotatable bonds is 5. The van der Waals surface area contributed by atoms with E-state index in [4.69, 9.17) is 4.74 Å². The second-order valence-corrected chi connectivity index (χ2v) is 4.16. The van der Waals surface area contributed by atoms with E-state index in [9.17, 15) is 0 Å². The summed E-state index contributed by atoms with van der Waals surface area (Å²) < 4.78 is 5.61. The molecule has 88 valence electrons. The fraction of sp³-hybridized carbons (Fsp3) is 0.538. The van der Waals surface area contributed by atoms with Crippen molar-refractivity contribution in [2.45, 2.75) is 18.9 Å². The van der Waals surface area contributed by atoms with Gasteiger partial charge in [-0.2, -0.15) is 0 Å². The molecule has 3 heteroatoms. The van der Waals surface area contributed by atoms with Crippen LogP contribution in [0.1, 0.15) is 12.8 Å². The number of benzene rings is 1. The highest BCUT2D eigenvalue weighted by atomic mass is 16.5. The largest absolute Gasteiger partial charge is 0.492 e. The minimum absolute atomic E-state index is 0.619. The number of hydrogen-bond donors (Lipinski definition) is 2. The lowest BCUT2D eigenvalue weighted by atomic mass is 10.1. The fourth-order valence-electron chi connectivity index (χ4n) is 1.97. The Kier molecular flexibility index (Phi) is 4.65. The Morgan fingerprint density at radius 1 is 1.31 bits per heavy atom. The van der Waals surface area contributed by atoms with Crippen LogP contribution in [0.25, 0.3) is 0 Å². The Morgan fingerprint density at radius 3 is 2.94 bits per heavy atom. The summed E-state index contributed by atoms with van der Waals surface area (Å²) in [6.45, 7) is 3.91. The maximum absolute atomic E-state index is 5.61. The zero-order valence-electron chi connectivity index (χ0n) is 9.61. The smallest absolute Gasteiger partial charge is 0.119 e. The second-order valence-electron chi connectivity index (χ2n) is 4.16. The van der Waals surface area contributed by atoms with Gasteiger partial charge in [0.25, 0.3) is 0 Å². The molecule has 2 N–H and O–H groups in total. The summed E-state index contributed by atoms with van der Waals surface area (Å²) in [4.78, 5) is 0. The van der Waals surface area contributed by atoms with E-state index in [1.165, 1.54) is 19.4 Å². The van der Waals surface area contributed by atoms with Crippen molar-refractivity contribution in [3.63, 3.8) is 0 Å². The predicted molar refractivity (Wildman–Crippen MR) is 65.8 cm³/mol. The molecule has 0 bridgehead atoms. The van der Waals surface area contributed by atoms with Gasteiger partial charge in [0.1, 0.15) is 12.4 Å². The monoisotopic (exact) mass is 220 g/mol. The highest BCUT2D eigenvalue weighted by Gasteiger charge is 2.10. The summed E-state index contributed by atoms with van der Waals surface area (Å²) >= 11 is 0. The maximum atomic E-state index is 5.61. The van der Waals surface area contributed by atoms with Gasteiger partial charge in [0, 0.05) is 19.1 Å². The van der Waals surface area contributed by atoms with Crippen LogP contribution >= 0.6 is 0 Å². The van der Waals surface area contributed by atoms with E-state index in [-0.39, 0.29) is 0 Å². The van der Waals surface area contributed by atoms with E-state index in [1.54, 1.807) is 0 Å². The van der Waals surface area contributed by atoms with Crippen LogP contribution in [0.3, 0.4) is 0 Å². The van der Waals surface area contributed by atoms with Crippen molar-refractivity contribution in [3.8, 4) is 5.75 Å². The fourth-order valence-corrected chi connectivity index (χ4v) is 1.97. The van der Waals surface area contributed by atoms with Crippen molar-refractivity contribution in [2.24, 2.45) is 0 Å². The van der Waals surface area contributed by atoms with E-state index in [1.807, 2.05) is 30.3 Å². The van der Waals surface area contributed by atoms with Crippen molar-refractivity contribution in [1.82, 2.24) is 10.6 Å². The minimum atomic E-state index is 0.619. The highest BCUT2D eigenvalue weighted by molar-refractivity contribution is 5.20. The Hall–Kier alpha value is -1.06. The summed E-state index contributed by atoms with van der Waals surface area (Å²) in [6.07, 6.45) is 2.55. The molecule has 1 atom stereocenters. The first-order valence-electron chi connectivity index (χ1n) is 6.07. The van der Waals surface area contributed by atoms with Gasteiger partial charge in [-0.25, -0.2) is 0 Å². The van der Waals surface area contributed by atoms with E-state index in [0.717, 1.165) is 25.4 Å². The molecule has 0 aromatic heterocycles. The average Bonchev–Trinajstić information content (AvgIpc) is 2.37. The molecular formula is C13H20N2O. The summed E-state index contributed by atoms with van der Waals surface area (Å²) in [5, 5.41) is 6.89. The maximum Gasteiger partial charge on any atom is 0.119 e. The number of hydrogen-bond acceptors (Lipinski definition) is 3. The van der Waals surface area contributed by atoms with Crippen LogP contribution in [0.5, 0.6) is 5.75 Å². The molecule has 1 fully saturated rings. The second kappa shape index (κ2) is 6.51. The molecule has 0 aliphatic carbocycles. The Labute approximate surface area is 97.2 Å². The van der Waals surface area contributed by atoms with E-state index in [0.29, 0.717) is 6.04 Å². The third kappa shape index (κ3) is 3.83. The van der Waals surface area contributed by atoms with Crippen LogP contribution in [0.4, 0.5) is 0 Å². The third-order valence-electron chi connectivity index (χ3n) is 2.84. The lowest BCUT2D eigenvalue weighted by Gasteiger charge is -2.23. The summed E-state index contributed by atoms with van der Waals surface area (Å²) in [7, 11) is 0. The molecule has 1 unspecified atom stereocenters. The Morgan fingerprint density at radius 2 is 2.19 bits per heavy atom. The number of para-hydroxylation sites is 1. The summed E-state index contributed by atoms with van der Waals surface area (Å²) in [5.74, 6) is 0.950. The molecule has 2 rings (SSSR count). The molecule has 1 aliphatic rings. The minimum Gasteiger partial charge on any atom is -0.492 e. The van der Waals surface area contributed by atoms with Gasteiger partial charge < -0.3 is 15.4 Å². The number of ether oxygens (including phenoxy) is 1. The molecule has 0 spiro atoms. The molecule has 1 aromatic carbocycles. The van der Waals surface area contributed by atoms with E-state index >= 15 is 0 Å². The highest BCUT2D eigenvalue weighted by Crippen LogP contribution is 2.07. The molecule has 16 heavy (non-hydrogen) atoms. The molecule has 0 amide bonds. The van der Waals surface area contributed by atoms with Crippen molar-refractivity contribution in [1.29, 1.82) is 0 Å². The zero-order chi connectivity index (χ0) is 11.1. The quantitative estimate of drug-likeness (QED) is 0.736. The van der Waals surface area contributed by atoms with Crippen molar-refractivity contribution in [2.75, 3.05) is 26.2 Å². The Bertz CT molecular complexity index is 283. The molecular weight excluding hydrogens is 200 g/mol. The topological polar surface area (TPSA) is 33.3 Å².